The first-order valence-corrected chi connectivity index (χ1v) is 20.2. The zero-order valence-electron chi connectivity index (χ0n) is 32.7. The van der Waals surface area contributed by atoms with Gasteiger partial charge < -0.3 is 9.47 Å². The van der Waals surface area contributed by atoms with Crippen molar-refractivity contribution in [3.05, 3.63) is 192 Å². The highest BCUT2D eigenvalue weighted by molar-refractivity contribution is 6.14. The molecular formula is C54H46N2. The summed E-state index contributed by atoms with van der Waals surface area (Å²) in [5.41, 5.74) is 17.5. The molecule has 0 amide bonds. The summed E-state index contributed by atoms with van der Waals surface area (Å²) in [6.07, 6.45) is 3.46. The Morgan fingerprint density at radius 1 is 0.554 bits per heavy atom. The van der Waals surface area contributed by atoms with E-state index in [1.807, 2.05) is 0 Å². The topological polar surface area (TPSA) is 8.17 Å². The van der Waals surface area contributed by atoms with Crippen LogP contribution in [0.2, 0.25) is 0 Å². The fourth-order valence-corrected chi connectivity index (χ4v) is 9.41. The molecule has 2 heteroatoms. The molecule has 0 saturated heterocycles. The Bertz CT molecular complexity index is 2930. The quantitative estimate of drug-likeness (QED) is 0.152. The highest BCUT2D eigenvalue weighted by Crippen LogP contribution is 2.55. The Kier molecular flexibility index (Phi) is 8.18. The molecule has 1 aliphatic rings. The van der Waals surface area contributed by atoms with Crippen molar-refractivity contribution in [3.63, 3.8) is 0 Å². The van der Waals surface area contributed by atoms with Gasteiger partial charge in [0, 0.05) is 44.2 Å². The number of unbranched alkanes of at least 4 members (excludes halogenated alkanes) is 1. The van der Waals surface area contributed by atoms with E-state index in [-0.39, 0.29) is 5.41 Å². The first-order chi connectivity index (χ1) is 27.4. The summed E-state index contributed by atoms with van der Waals surface area (Å²) >= 11 is 0. The average Bonchev–Trinajstić information content (AvgIpc) is 3.68. The molecule has 272 valence electrons. The van der Waals surface area contributed by atoms with Crippen LogP contribution >= 0.6 is 0 Å². The van der Waals surface area contributed by atoms with Crippen molar-refractivity contribution in [1.29, 1.82) is 0 Å². The normalized spacial score (nSPS) is 13.0. The molecular weight excluding hydrogens is 677 g/mol. The second kappa shape index (κ2) is 13.4. The Morgan fingerprint density at radius 2 is 1.27 bits per heavy atom. The summed E-state index contributed by atoms with van der Waals surface area (Å²) < 4.78 is 2.51. The van der Waals surface area contributed by atoms with Crippen molar-refractivity contribution in [1.82, 2.24) is 4.57 Å². The van der Waals surface area contributed by atoms with Crippen LogP contribution in [0.1, 0.15) is 55.9 Å². The average molecular weight is 723 g/mol. The van der Waals surface area contributed by atoms with Crippen molar-refractivity contribution in [2.75, 3.05) is 4.90 Å². The summed E-state index contributed by atoms with van der Waals surface area (Å²) in [6, 6.07) is 63.4. The third-order valence-electron chi connectivity index (χ3n) is 12.2. The Morgan fingerprint density at radius 3 is 2.07 bits per heavy atom. The van der Waals surface area contributed by atoms with Gasteiger partial charge in [-0.15, -0.1) is 0 Å². The molecule has 0 unspecified atom stereocenters. The smallest absolute Gasteiger partial charge is 0.0619 e. The van der Waals surface area contributed by atoms with Crippen LogP contribution in [-0.4, -0.2) is 4.57 Å². The first-order valence-electron chi connectivity index (χ1n) is 20.2. The van der Waals surface area contributed by atoms with Gasteiger partial charge in [0.2, 0.25) is 0 Å². The third-order valence-corrected chi connectivity index (χ3v) is 12.2. The zero-order valence-corrected chi connectivity index (χ0v) is 32.7. The molecule has 0 spiro atoms. The van der Waals surface area contributed by atoms with Crippen LogP contribution in [0.15, 0.2) is 170 Å². The number of hydrogen-bond acceptors (Lipinski definition) is 1. The van der Waals surface area contributed by atoms with Gasteiger partial charge in [-0.1, -0.05) is 148 Å². The molecule has 1 aromatic heterocycles. The number of anilines is 3. The highest BCUT2D eigenvalue weighted by atomic mass is 15.1. The number of hydrogen-bond donors (Lipinski definition) is 0. The van der Waals surface area contributed by atoms with Crippen LogP contribution < -0.4 is 4.90 Å². The first kappa shape index (κ1) is 34.1. The van der Waals surface area contributed by atoms with E-state index < -0.39 is 0 Å². The van der Waals surface area contributed by atoms with E-state index in [2.05, 4.69) is 207 Å². The molecule has 1 heterocycles. The van der Waals surface area contributed by atoms with E-state index in [1.54, 1.807) is 0 Å². The molecule has 1 aliphatic carbocycles. The summed E-state index contributed by atoms with van der Waals surface area (Å²) in [6.45, 7) is 9.30. The number of para-hydroxylation sites is 2. The van der Waals surface area contributed by atoms with E-state index in [4.69, 9.17) is 0 Å². The van der Waals surface area contributed by atoms with Gasteiger partial charge in [-0.2, -0.15) is 0 Å². The van der Waals surface area contributed by atoms with Crippen molar-refractivity contribution in [2.45, 2.75) is 52.4 Å². The number of aromatic nitrogens is 1. The van der Waals surface area contributed by atoms with Crippen molar-refractivity contribution in [2.24, 2.45) is 0 Å². The maximum Gasteiger partial charge on any atom is 0.0619 e. The molecule has 0 N–H and O–H groups in total. The van der Waals surface area contributed by atoms with Crippen molar-refractivity contribution < 1.29 is 0 Å². The van der Waals surface area contributed by atoms with Crippen LogP contribution in [0.3, 0.4) is 0 Å². The number of rotatable bonds is 8. The van der Waals surface area contributed by atoms with Gasteiger partial charge >= 0.3 is 0 Å². The van der Waals surface area contributed by atoms with Crippen molar-refractivity contribution >= 4 is 49.6 Å². The monoisotopic (exact) mass is 722 g/mol. The number of fused-ring (bicyclic) bond motifs is 8. The van der Waals surface area contributed by atoms with Gasteiger partial charge in [-0.3, -0.25) is 0 Å². The number of nitrogens with zero attached hydrogens (tertiary/aromatic N) is 2. The van der Waals surface area contributed by atoms with E-state index in [0.29, 0.717) is 0 Å². The molecule has 56 heavy (non-hydrogen) atoms. The van der Waals surface area contributed by atoms with Crippen LogP contribution in [0.4, 0.5) is 17.1 Å². The van der Waals surface area contributed by atoms with Gasteiger partial charge in [-0.25, -0.2) is 0 Å². The lowest BCUT2D eigenvalue weighted by Crippen LogP contribution is -2.17. The molecule has 0 atom stereocenters. The fraction of sp³-hybridized carbons (Fsp3) is 0.148. The van der Waals surface area contributed by atoms with E-state index >= 15 is 0 Å². The van der Waals surface area contributed by atoms with Crippen LogP contribution in [0.5, 0.6) is 0 Å². The molecule has 8 aromatic carbocycles. The van der Waals surface area contributed by atoms with Crippen LogP contribution in [0.25, 0.3) is 60.5 Å². The highest BCUT2D eigenvalue weighted by Gasteiger charge is 2.38. The minimum absolute atomic E-state index is 0.248. The second-order valence-corrected chi connectivity index (χ2v) is 16.1. The number of benzene rings is 8. The molecule has 0 bridgehead atoms. The predicted molar refractivity (Wildman–Crippen MR) is 239 cm³/mol. The SMILES string of the molecule is CCCCc1cccc(N(c2ccccc2)c2cc3c(c4ccccc24)-c2ccc(-n4c5ccc(C)cc5c5cccc(-c6ccccc6)c54)cc2C3(C)C)c1. The van der Waals surface area contributed by atoms with Gasteiger partial charge in [0.1, 0.15) is 0 Å². The predicted octanol–water partition coefficient (Wildman–Crippen LogP) is 15.0. The molecule has 9 aromatic rings. The molecule has 0 radical (unpaired) electrons. The van der Waals surface area contributed by atoms with Gasteiger partial charge in [0.15, 0.2) is 0 Å². The summed E-state index contributed by atoms with van der Waals surface area (Å²) in [4.78, 5) is 2.48. The summed E-state index contributed by atoms with van der Waals surface area (Å²) in [7, 11) is 0. The van der Waals surface area contributed by atoms with E-state index in [0.717, 1.165) is 12.1 Å². The summed E-state index contributed by atoms with van der Waals surface area (Å²) in [5.74, 6) is 0. The molecule has 0 saturated carbocycles. The lowest BCUT2D eigenvalue weighted by atomic mass is 9.81. The van der Waals surface area contributed by atoms with Crippen molar-refractivity contribution in [3.8, 4) is 27.9 Å². The molecule has 2 nitrogen and oxygen atoms in total. The van der Waals surface area contributed by atoms with E-state index in [9.17, 15) is 0 Å². The van der Waals surface area contributed by atoms with Gasteiger partial charge in [0.25, 0.3) is 0 Å². The molecule has 10 rings (SSSR count). The maximum absolute atomic E-state index is 2.51. The summed E-state index contributed by atoms with van der Waals surface area (Å²) in [5, 5.41) is 5.12. The minimum atomic E-state index is -0.248. The Hall–Kier alpha value is -6.38. The third kappa shape index (κ3) is 5.39. The van der Waals surface area contributed by atoms with E-state index in [1.165, 1.54) is 107 Å². The molecule has 0 fully saturated rings. The second-order valence-electron chi connectivity index (χ2n) is 16.1. The number of aryl methyl sites for hydroxylation is 2. The maximum atomic E-state index is 2.51. The van der Waals surface area contributed by atoms with Crippen LogP contribution in [-0.2, 0) is 11.8 Å². The standard InChI is InChI=1S/C54H46N2/c1-5-6-17-37-18-15-23-40(33-37)55(39-21-11-8-12-22-39)51-35-49-52(44-25-14-13-24-43(44)51)46-30-29-41(34-48(46)54(49,3)4)56-50-31-28-36(2)32-47(50)45-27-16-26-42(53(45)56)38-19-9-7-10-20-38/h7-16,18-35H,5-6,17H2,1-4H3. The largest absolute Gasteiger partial charge is 0.310 e. The Labute approximate surface area is 330 Å². The zero-order chi connectivity index (χ0) is 38.0. The molecule has 0 aliphatic heterocycles. The fourth-order valence-electron chi connectivity index (χ4n) is 9.41. The lowest BCUT2D eigenvalue weighted by molar-refractivity contribution is 0.660. The van der Waals surface area contributed by atoms with Gasteiger partial charge in [0.05, 0.1) is 16.7 Å². The van der Waals surface area contributed by atoms with Gasteiger partial charge in [-0.05, 0) is 113 Å². The Balaban J connectivity index is 1.20. The minimum Gasteiger partial charge on any atom is -0.310 e. The lowest BCUT2D eigenvalue weighted by Gasteiger charge is -2.30. The van der Waals surface area contributed by atoms with Crippen LogP contribution in [0, 0.1) is 6.92 Å².